The van der Waals surface area contributed by atoms with Crippen molar-refractivity contribution in [1.29, 1.82) is 0 Å². The predicted molar refractivity (Wildman–Crippen MR) is 95.0 cm³/mol. The normalized spacial score (nSPS) is 18.0. The van der Waals surface area contributed by atoms with Gasteiger partial charge in [0, 0.05) is 37.7 Å². The summed E-state index contributed by atoms with van der Waals surface area (Å²) < 4.78 is 6.93. The van der Waals surface area contributed by atoms with Crippen molar-refractivity contribution in [2.45, 2.75) is 52.0 Å². The Morgan fingerprint density at radius 3 is 2.81 bits per heavy atom. The lowest BCUT2D eigenvalue weighted by atomic mass is 9.94. The molecular formula is C19H24N4O3. The van der Waals surface area contributed by atoms with E-state index in [-0.39, 0.29) is 11.5 Å². The topological polar surface area (TPSA) is 81.2 Å². The SMILES string of the molecule is Cc1ccc(=O)n(CC2CCN(C(=O)c3noc4c3CCCC4)CC2)n1. The summed E-state index contributed by atoms with van der Waals surface area (Å²) >= 11 is 0. The lowest BCUT2D eigenvalue weighted by molar-refractivity contribution is 0.0669. The fraction of sp³-hybridized carbons (Fsp3) is 0.579. The van der Waals surface area contributed by atoms with Gasteiger partial charge in [0.25, 0.3) is 11.5 Å². The Morgan fingerprint density at radius 2 is 2.00 bits per heavy atom. The van der Waals surface area contributed by atoms with Gasteiger partial charge in [-0.15, -0.1) is 0 Å². The molecule has 0 N–H and O–H groups in total. The Balaban J connectivity index is 1.39. The summed E-state index contributed by atoms with van der Waals surface area (Å²) in [7, 11) is 0. The number of aromatic nitrogens is 3. The van der Waals surface area contributed by atoms with Gasteiger partial charge in [0.1, 0.15) is 5.76 Å². The van der Waals surface area contributed by atoms with E-state index < -0.39 is 0 Å². The van der Waals surface area contributed by atoms with Crippen molar-refractivity contribution in [1.82, 2.24) is 19.8 Å². The van der Waals surface area contributed by atoms with Gasteiger partial charge in [-0.1, -0.05) is 5.16 Å². The minimum Gasteiger partial charge on any atom is -0.360 e. The van der Waals surface area contributed by atoms with Crippen molar-refractivity contribution in [3.63, 3.8) is 0 Å². The molecule has 138 valence electrons. The summed E-state index contributed by atoms with van der Waals surface area (Å²) in [6, 6.07) is 3.30. The minimum atomic E-state index is -0.0664. The highest BCUT2D eigenvalue weighted by Gasteiger charge is 2.30. The Labute approximate surface area is 152 Å². The lowest BCUT2D eigenvalue weighted by Gasteiger charge is -2.31. The molecule has 4 rings (SSSR count). The zero-order valence-corrected chi connectivity index (χ0v) is 15.1. The smallest absolute Gasteiger partial charge is 0.276 e. The Morgan fingerprint density at radius 1 is 1.23 bits per heavy atom. The molecule has 0 aromatic carbocycles. The number of carbonyl (C=O) groups is 1. The number of aryl methyl sites for hydroxylation is 2. The first-order valence-corrected chi connectivity index (χ1v) is 9.43. The number of likely N-dealkylation sites (tertiary alicyclic amines) is 1. The van der Waals surface area contributed by atoms with Crippen LogP contribution in [0.1, 0.15) is 53.2 Å². The average molecular weight is 356 g/mol. The molecule has 1 aliphatic carbocycles. The number of piperidine rings is 1. The van der Waals surface area contributed by atoms with Gasteiger partial charge in [0.15, 0.2) is 5.69 Å². The Kier molecular flexibility index (Phi) is 4.61. The lowest BCUT2D eigenvalue weighted by Crippen LogP contribution is -2.40. The third kappa shape index (κ3) is 3.30. The van der Waals surface area contributed by atoms with Crippen molar-refractivity contribution in [2.75, 3.05) is 13.1 Å². The maximum absolute atomic E-state index is 12.8. The highest BCUT2D eigenvalue weighted by molar-refractivity contribution is 5.94. The first kappa shape index (κ1) is 17.0. The van der Waals surface area contributed by atoms with Crippen LogP contribution in [0.15, 0.2) is 21.5 Å². The molecule has 2 aliphatic rings. The molecule has 3 heterocycles. The van der Waals surface area contributed by atoms with E-state index in [1.807, 2.05) is 11.8 Å². The Hall–Kier alpha value is -2.44. The summed E-state index contributed by atoms with van der Waals surface area (Å²) in [6.07, 6.45) is 5.71. The van der Waals surface area contributed by atoms with Crippen molar-refractivity contribution in [3.05, 3.63) is 45.2 Å². The molecule has 2 aromatic rings. The van der Waals surface area contributed by atoms with Gasteiger partial charge < -0.3 is 9.42 Å². The van der Waals surface area contributed by atoms with Crippen LogP contribution < -0.4 is 5.56 Å². The van der Waals surface area contributed by atoms with E-state index in [0.29, 0.717) is 31.2 Å². The fourth-order valence-electron chi connectivity index (χ4n) is 3.95. The molecule has 0 atom stereocenters. The van der Waals surface area contributed by atoms with Crippen LogP contribution in [0.25, 0.3) is 0 Å². The summed E-state index contributed by atoms with van der Waals surface area (Å²) in [5.74, 6) is 1.23. The van der Waals surface area contributed by atoms with Crippen LogP contribution in [0, 0.1) is 12.8 Å². The molecular weight excluding hydrogens is 332 g/mol. The molecule has 0 saturated carbocycles. The number of hydrogen-bond donors (Lipinski definition) is 0. The van der Waals surface area contributed by atoms with Gasteiger partial charge in [0.05, 0.1) is 5.69 Å². The van der Waals surface area contributed by atoms with E-state index in [1.54, 1.807) is 16.8 Å². The van der Waals surface area contributed by atoms with Crippen LogP contribution in [0.2, 0.25) is 0 Å². The van der Waals surface area contributed by atoms with Gasteiger partial charge in [-0.3, -0.25) is 9.59 Å². The second kappa shape index (κ2) is 7.05. The largest absolute Gasteiger partial charge is 0.360 e. The fourth-order valence-corrected chi connectivity index (χ4v) is 3.95. The molecule has 2 aromatic heterocycles. The maximum Gasteiger partial charge on any atom is 0.276 e. The predicted octanol–water partition coefficient (Wildman–Crippen LogP) is 1.97. The first-order chi connectivity index (χ1) is 12.6. The van der Waals surface area contributed by atoms with E-state index in [1.165, 1.54) is 0 Å². The summed E-state index contributed by atoms with van der Waals surface area (Å²) in [5.41, 5.74) is 2.30. The number of nitrogens with zero attached hydrogens (tertiary/aromatic N) is 4. The van der Waals surface area contributed by atoms with Crippen LogP contribution in [0.3, 0.4) is 0 Å². The molecule has 1 amide bonds. The maximum atomic E-state index is 12.8. The van der Waals surface area contributed by atoms with Crippen molar-refractivity contribution >= 4 is 5.91 Å². The average Bonchev–Trinajstić information content (AvgIpc) is 3.09. The van der Waals surface area contributed by atoms with Crippen molar-refractivity contribution in [3.8, 4) is 0 Å². The van der Waals surface area contributed by atoms with Crippen LogP contribution in [-0.4, -0.2) is 38.8 Å². The molecule has 26 heavy (non-hydrogen) atoms. The zero-order valence-electron chi connectivity index (χ0n) is 15.1. The van der Waals surface area contributed by atoms with E-state index in [0.717, 1.165) is 55.5 Å². The van der Waals surface area contributed by atoms with Gasteiger partial charge in [-0.25, -0.2) is 4.68 Å². The highest BCUT2D eigenvalue weighted by Crippen LogP contribution is 2.26. The van der Waals surface area contributed by atoms with E-state index >= 15 is 0 Å². The van der Waals surface area contributed by atoms with Crippen LogP contribution >= 0.6 is 0 Å². The first-order valence-electron chi connectivity index (χ1n) is 9.43. The second-order valence-corrected chi connectivity index (χ2v) is 7.37. The van der Waals surface area contributed by atoms with E-state index in [2.05, 4.69) is 10.3 Å². The monoisotopic (exact) mass is 356 g/mol. The number of amides is 1. The molecule has 1 aliphatic heterocycles. The Bertz CT molecular complexity index is 862. The standard InChI is InChI=1S/C19H24N4O3/c1-13-6-7-17(24)23(20-13)12-14-8-10-22(11-9-14)19(25)18-15-4-2-3-5-16(15)26-21-18/h6-7,14H,2-5,8-12H2,1H3. The van der Waals surface area contributed by atoms with E-state index in [9.17, 15) is 9.59 Å². The molecule has 7 nitrogen and oxygen atoms in total. The number of hydrogen-bond acceptors (Lipinski definition) is 5. The second-order valence-electron chi connectivity index (χ2n) is 7.37. The number of rotatable bonds is 3. The van der Waals surface area contributed by atoms with E-state index in [4.69, 9.17) is 4.52 Å². The van der Waals surface area contributed by atoms with Crippen LogP contribution in [-0.2, 0) is 19.4 Å². The molecule has 0 bridgehead atoms. The zero-order chi connectivity index (χ0) is 18.1. The third-order valence-corrected chi connectivity index (χ3v) is 5.49. The van der Waals surface area contributed by atoms with Crippen molar-refractivity contribution in [2.24, 2.45) is 5.92 Å². The van der Waals surface area contributed by atoms with Crippen LogP contribution in [0.4, 0.5) is 0 Å². The van der Waals surface area contributed by atoms with Gasteiger partial charge >= 0.3 is 0 Å². The summed E-state index contributed by atoms with van der Waals surface area (Å²) in [4.78, 5) is 26.6. The van der Waals surface area contributed by atoms with Gasteiger partial charge in [0.2, 0.25) is 0 Å². The minimum absolute atomic E-state index is 0.0128. The summed E-state index contributed by atoms with van der Waals surface area (Å²) in [6.45, 7) is 3.87. The third-order valence-electron chi connectivity index (χ3n) is 5.49. The molecule has 0 unspecified atom stereocenters. The molecule has 7 heteroatoms. The molecule has 0 radical (unpaired) electrons. The van der Waals surface area contributed by atoms with Crippen LogP contribution in [0.5, 0.6) is 0 Å². The highest BCUT2D eigenvalue weighted by atomic mass is 16.5. The van der Waals surface area contributed by atoms with Gasteiger partial charge in [-0.2, -0.15) is 5.10 Å². The number of carbonyl (C=O) groups excluding carboxylic acids is 1. The number of fused-ring (bicyclic) bond motifs is 1. The molecule has 0 spiro atoms. The summed E-state index contributed by atoms with van der Waals surface area (Å²) in [5, 5.41) is 8.37. The van der Waals surface area contributed by atoms with Crippen molar-refractivity contribution < 1.29 is 9.32 Å². The molecule has 1 saturated heterocycles. The quantitative estimate of drug-likeness (QED) is 0.840. The molecule has 1 fully saturated rings. The van der Waals surface area contributed by atoms with Gasteiger partial charge in [-0.05, 0) is 51.0 Å².